The second kappa shape index (κ2) is 8.81. The number of pyridine rings is 1. The van der Waals surface area contributed by atoms with Gasteiger partial charge in [-0.2, -0.15) is 0 Å². The number of anilines is 1. The molecule has 0 saturated heterocycles. The molecule has 0 atom stereocenters. The predicted octanol–water partition coefficient (Wildman–Crippen LogP) is 3.58. The van der Waals surface area contributed by atoms with Crippen LogP contribution in [0.15, 0.2) is 66.9 Å². The van der Waals surface area contributed by atoms with Crippen molar-refractivity contribution in [3.8, 4) is 5.75 Å². The lowest BCUT2D eigenvalue weighted by molar-refractivity contribution is 0.0945. The molecule has 6 nitrogen and oxygen atoms in total. The number of nitrogens with one attached hydrogen (secondary N) is 2. The van der Waals surface area contributed by atoms with Crippen LogP contribution in [-0.2, 0) is 6.54 Å². The number of aryl methyl sites for hydroxylation is 1. The Labute approximate surface area is 163 Å². The van der Waals surface area contributed by atoms with Gasteiger partial charge in [-0.25, -0.2) is 0 Å². The number of aromatic nitrogens is 1. The predicted molar refractivity (Wildman–Crippen MR) is 108 cm³/mol. The highest BCUT2D eigenvalue weighted by atomic mass is 16.5. The third-order valence-electron chi connectivity index (χ3n) is 4.16. The van der Waals surface area contributed by atoms with Crippen molar-refractivity contribution in [2.75, 3.05) is 12.4 Å². The molecule has 6 heteroatoms. The van der Waals surface area contributed by atoms with E-state index in [1.165, 1.54) is 12.3 Å². The normalized spacial score (nSPS) is 10.2. The van der Waals surface area contributed by atoms with E-state index in [1.54, 1.807) is 13.2 Å². The first-order chi connectivity index (χ1) is 13.6. The molecule has 0 unspecified atom stereocenters. The Kier molecular flexibility index (Phi) is 6.01. The van der Waals surface area contributed by atoms with E-state index >= 15 is 0 Å². The third kappa shape index (κ3) is 4.73. The first-order valence-corrected chi connectivity index (χ1v) is 8.81. The van der Waals surface area contributed by atoms with Gasteiger partial charge in [0.1, 0.15) is 11.4 Å². The highest BCUT2D eigenvalue weighted by Crippen LogP contribution is 2.17. The van der Waals surface area contributed by atoms with Crippen molar-refractivity contribution in [1.82, 2.24) is 10.3 Å². The Morgan fingerprint density at radius 3 is 2.61 bits per heavy atom. The van der Waals surface area contributed by atoms with Gasteiger partial charge in [0, 0.05) is 29.6 Å². The zero-order valence-electron chi connectivity index (χ0n) is 15.7. The van der Waals surface area contributed by atoms with Gasteiger partial charge in [0.2, 0.25) is 0 Å². The molecule has 0 aliphatic carbocycles. The number of methoxy groups -OCH3 is 1. The number of carbonyl (C=O) groups is 2. The summed E-state index contributed by atoms with van der Waals surface area (Å²) in [4.78, 5) is 29.0. The molecule has 142 valence electrons. The number of nitrogens with zero attached hydrogens (tertiary/aromatic N) is 1. The molecule has 0 radical (unpaired) electrons. The monoisotopic (exact) mass is 375 g/mol. The number of hydrogen-bond donors (Lipinski definition) is 2. The fourth-order valence-corrected chi connectivity index (χ4v) is 2.74. The summed E-state index contributed by atoms with van der Waals surface area (Å²) < 4.78 is 5.28. The number of ether oxygens (including phenoxy) is 1. The van der Waals surface area contributed by atoms with Gasteiger partial charge in [-0.1, -0.05) is 30.3 Å². The van der Waals surface area contributed by atoms with Crippen LogP contribution in [0.3, 0.4) is 0 Å². The fraction of sp³-hybridized carbons (Fsp3) is 0.136. The van der Waals surface area contributed by atoms with Crippen LogP contribution in [0.1, 0.15) is 32.0 Å². The summed E-state index contributed by atoms with van der Waals surface area (Å²) in [7, 11) is 1.58. The van der Waals surface area contributed by atoms with Gasteiger partial charge in [-0.3, -0.25) is 14.6 Å². The minimum absolute atomic E-state index is 0.173. The van der Waals surface area contributed by atoms with E-state index in [9.17, 15) is 9.59 Å². The van der Waals surface area contributed by atoms with Crippen LogP contribution >= 0.6 is 0 Å². The van der Waals surface area contributed by atoms with Crippen molar-refractivity contribution in [2.45, 2.75) is 13.5 Å². The van der Waals surface area contributed by atoms with Crippen molar-refractivity contribution in [3.05, 3.63) is 89.2 Å². The van der Waals surface area contributed by atoms with Gasteiger partial charge < -0.3 is 15.4 Å². The summed E-state index contributed by atoms with van der Waals surface area (Å²) in [5, 5.41) is 5.62. The van der Waals surface area contributed by atoms with E-state index in [-0.39, 0.29) is 17.5 Å². The molecule has 1 heterocycles. The van der Waals surface area contributed by atoms with Crippen LogP contribution in [0.4, 0.5) is 5.69 Å². The van der Waals surface area contributed by atoms with E-state index < -0.39 is 0 Å². The molecule has 0 aliphatic heterocycles. The maximum Gasteiger partial charge on any atom is 0.270 e. The molecular weight excluding hydrogens is 354 g/mol. The molecule has 0 bridgehead atoms. The van der Waals surface area contributed by atoms with E-state index in [4.69, 9.17) is 4.74 Å². The van der Waals surface area contributed by atoms with Gasteiger partial charge in [0.15, 0.2) is 0 Å². The molecule has 1 aromatic heterocycles. The summed E-state index contributed by atoms with van der Waals surface area (Å²) in [6.45, 7) is 2.25. The van der Waals surface area contributed by atoms with Crippen molar-refractivity contribution < 1.29 is 14.3 Å². The average molecular weight is 375 g/mol. The maximum atomic E-state index is 12.5. The minimum atomic E-state index is -0.365. The molecule has 0 fully saturated rings. The van der Waals surface area contributed by atoms with E-state index in [1.807, 2.05) is 55.5 Å². The fourth-order valence-electron chi connectivity index (χ4n) is 2.74. The van der Waals surface area contributed by atoms with Crippen LogP contribution in [0.2, 0.25) is 0 Å². The largest absolute Gasteiger partial charge is 0.496 e. The Hall–Kier alpha value is -3.67. The maximum absolute atomic E-state index is 12.5. The van der Waals surface area contributed by atoms with Crippen LogP contribution in [0.25, 0.3) is 0 Å². The molecule has 3 rings (SSSR count). The van der Waals surface area contributed by atoms with E-state index in [2.05, 4.69) is 15.6 Å². The number of hydrogen-bond acceptors (Lipinski definition) is 4. The van der Waals surface area contributed by atoms with Crippen LogP contribution < -0.4 is 15.4 Å². The zero-order valence-corrected chi connectivity index (χ0v) is 15.7. The zero-order chi connectivity index (χ0) is 19.9. The van der Waals surface area contributed by atoms with Crippen molar-refractivity contribution in [2.24, 2.45) is 0 Å². The number of para-hydroxylation sites is 1. The summed E-state index contributed by atoms with van der Waals surface area (Å²) in [5.74, 6) is 0.0323. The number of amides is 2. The quantitative estimate of drug-likeness (QED) is 0.690. The van der Waals surface area contributed by atoms with Crippen LogP contribution in [0.5, 0.6) is 5.75 Å². The Balaban J connectivity index is 1.68. The van der Waals surface area contributed by atoms with Gasteiger partial charge in [-0.15, -0.1) is 0 Å². The Morgan fingerprint density at radius 2 is 1.82 bits per heavy atom. The summed E-state index contributed by atoms with van der Waals surface area (Å²) in [6.07, 6.45) is 1.45. The van der Waals surface area contributed by atoms with Gasteiger partial charge in [0.05, 0.1) is 7.11 Å². The first kappa shape index (κ1) is 19.1. The molecule has 2 amide bonds. The third-order valence-corrected chi connectivity index (χ3v) is 4.16. The second-order valence-corrected chi connectivity index (χ2v) is 6.25. The Morgan fingerprint density at radius 1 is 1.00 bits per heavy atom. The van der Waals surface area contributed by atoms with Crippen molar-refractivity contribution >= 4 is 17.5 Å². The van der Waals surface area contributed by atoms with Gasteiger partial charge >= 0.3 is 0 Å². The summed E-state index contributed by atoms with van der Waals surface area (Å²) >= 11 is 0. The molecule has 0 aliphatic rings. The van der Waals surface area contributed by atoms with E-state index in [0.717, 1.165) is 11.1 Å². The number of carbonyl (C=O) groups excluding carboxylic acids is 2. The summed E-state index contributed by atoms with van der Waals surface area (Å²) in [5.41, 5.74) is 3.13. The van der Waals surface area contributed by atoms with Gasteiger partial charge in [0.25, 0.3) is 11.8 Å². The van der Waals surface area contributed by atoms with Crippen molar-refractivity contribution in [3.63, 3.8) is 0 Å². The number of benzene rings is 2. The van der Waals surface area contributed by atoms with Gasteiger partial charge in [-0.05, 0) is 42.8 Å². The van der Waals surface area contributed by atoms with Crippen molar-refractivity contribution in [1.29, 1.82) is 0 Å². The average Bonchev–Trinajstić information content (AvgIpc) is 2.72. The SMILES string of the molecule is COc1ccccc1CNC(=O)c1cc(C(=O)Nc2cccc(C)c2)ccn1. The summed E-state index contributed by atoms with van der Waals surface area (Å²) in [6, 6.07) is 18.0. The highest BCUT2D eigenvalue weighted by molar-refractivity contribution is 6.05. The van der Waals surface area contributed by atoms with Crippen LogP contribution in [-0.4, -0.2) is 23.9 Å². The molecule has 2 N–H and O–H groups in total. The molecule has 0 spiro atoms. The minimum Gasteiger partial charge on any atom is -0.496 e. The highest BCUT2D eigenvalue weighted by Gasteiger charge is 2.13. The Bertz CT molecular complexity index is 1000. The number of rotatable bonds is 6. The first-order valence-electron chi connectivity index (χ1n) is 8.81. The molecule has 2 aromatic carbocycles. The second-order valence-electron chi connectivity index (χ2n) is 6.25. The lowest BCUT2D eigenvalue weighted by Gasteiger charge is -2.10. The molecule has 3 aromatic rings. The molecule has 28 heavy (non-hydrogen) atoms. The standard InChI is InChI=1S/C22H21N3O3/c1-15-6-5-8-18(12-15)25-21(26)16-10-11-23-19(13-16)22(27)24-14-17-7-3-4-9-20(17)28-2/h3-13H,14H2,1-2H3,(H,24,27)(H,25,26). The van der Waals surface area contributed by atoms with E-state index in [0.29, 0.717) is 23.5 Å². The lowest BCUT2D eigenvalue weighted by Crippen LogP contribution is -2.24. The smallest absolute Gasteiger partial charge is 0.270 e. The molecular formula is C22H21N3O3. The molecule has 0 saturated carbocycles. The van der Waals surface area contributed by atoms with Crippen LogP contribution in [0, 0.1) is 6.92 Å². The topological polar surface area (TPSA) is 80.3 Å². The lowest BCUT2D eigenvalue weighted by atomic mass is 10.1.